The van der Waals surface area contributed by atoms with Gasteiger partial charge in [-0.25, -0.2) is 8.42 Å². The molecule has 0 aliphatic carbocycles. The van der Waals surface area contributed by atoms with Crippen molar-refractivity contribution in [3.05, 3.63) is 81.3 Å². The molecule has 1 atom stereocenters. The number of carbonyl (C=O) groups excluding carboxylic acids is 2. The Balaban J connectivity index is 2.11. The zero-order chi connectivity index (χ0) is 31.9. The first-order valence-electron chi connectivity index (χ1n) is 13.4. The minimum Gasteiger partial charge on any atom is -0.493 e. The maximum atomic E-state index is 14.2. The quantitative estimate of drug-likeness (QED) is 0.233. The van der Waals surface area contributed by atoms with Crippen molar-refractivity contribution >= 4 is 62.3 Å². The number of carbonyl (C=O) groups is 2. The highest BCUT2D eigenvalue weighted by atomic mass is 35.5. The van der Waals surface area contributed by atoms with Gasteiger partial charge in [0.2, 0.25) is 11.8 Å². The van der Waals surface area contributed by atoms with Gasteiger partial charge in [0.15, 0.2) is 11.5 Å². The average Bonchev–Trinajstić information content (AvgIpc) is 2.97. The lowest BCUT2D eigenvalue weighted by Crippen LogP contribution is -2.53. The van der Waals surface area contributed by atoms with E-state index in [-0.39, 0.29) is 46.3 Å². The number of halogens is 3. The van der Waals surface area contributed by atoms with E-state index in [0.29, 0.717) is 21.4 Å². The molecule has 0 aliphatic rings. The third-order valence-electron chi connectivity index (χ3n) is 6.49. The summed E-state index contributed by atoms with van der Waals surface area (Å²) in [6.45, 7) is 4.76. The normalized spacial score (nSPS) is 12.0. The number of benzene rings is 3. The van der Waals surface area contributed by atoms with Crippen LogP contribution in [0, 0.1) is 0 Å². The predicted molar refractivity (Wildman–Crippen MR) is 170 cm³/mol. The van der Waals surface area contributed by atoms with Crippen LogP contribution in [0.15, 0.2) is 65.6 Å². The van der Waals surface area contributed by atoms with Crippen LogP contribution in [0.1, 0.15) is 32.8 Å². The summed E-state index contributed by atoms with van der Waals surface area (Å²) in [4.78, 5) is 28.6. The van der Waals surface area contributed by atoms with E-state index in [1.54, 1.807) is 25.1 Å². The molecule has 0 unspecified atom stereocenters. The van der Waals surface area contributed by atoms with Gasteiger partial charge in [-0.2, -0.15) is 0 Å². The minimum absolute atomic E-state index is 0.0232. The second-order valence-electron chi connectivity index (χ2n) is 9.86. The van der Waals surface area contributed by atoms with Gasteiger partial charge in [-0.15, -0.1) is 0 Å². The molecule has 2 amide bonds. The lowest BCUT2D eigenvalue weighted by atomic mass is 10.1. The number of hydrogen-bond acceptors (Lipinski definition) is 6. The Bertz CT molecular complexity index is 1550. The largest absolute Gasteiger partial charge is 0.493 e. The first-order chi connectivity index (χ1) is 20.3. The molecule has 43 heavy (non-hydrogen) atoms. The molecule has 1 N–H and O–H groups in total. The molecule has 0 aromatic heterocycles. The molecule has 0 spiro atoms. The molecule has 3 aromatic carbocycles. The molecule has 9 nitrogen and oxygen atoms in total. The van der Waals surface area contributed by atoms with Crippen LogP contribution in [-0.2, 0) is 26.2 Å². The van der Waals surface area contributed by atoms with Gasteiger partial charge in [0, 0.05) is 23.7 Å². The van der Waals surface area contributed by atoms with Crippen LogP contribution in [0.5, 0.6) is 11.5 Å². The fraction of sp³-hybridized carbons (Fsp3) is 0.333. The van der Waals surface area contributed by atoms with Crippen LogP contribution >= 0.6 is 34.8 Å². The topological polar surface area (TPSA) is 105 Å². The first-order valence-corrected chi connectivity index (χ1v) is 15.9. The molecule has 0 aliphatic heterocycles. The summed E-state index contributed by atoms with van der Waals surface area (Å²) in [6.07, 6.45) is 0.273. The van der Waals surface area contributed by atoms with E-state index in [4.69, 9.17) is 44.3 Å². The van der Waals surface area contributed by atoms with Gasteiger partial charge in [-0.1, -0.05) is 47.8 Å². The second-order valence-corrected chi connectivity index (χ2v) is 13.0. The number of amides is 2. The molecule has 0 saturated heterocycles. The van der Waals surface area contributed by atoms with Gasteiger partial charge in [-0.05, 0) is 74.4 Å². The lowest BCUT2D eigenvalue weighted by Gasteiger charge is -2.33. The number of nitrogens with zero attached hydrogens (tertiary/aromatic N) is 2. The van der Waals surface area contributed by atoms with Crippen molar-refractivity contribution in [1.29, 1.82) is 0 Å². The number of anilines is 1. The number of methoxy groups -OCH3 is 2. The second kappa shape index (κ2) is 15.0. The average molecular weight is 671 g/mol. The van der Waals surface area contributed by atoms with Gasteiger partial charge < -0.3 is 19.7 Å². The molecule has 3 aromatic rings. The molecule has 13 heteroatoms. The van der Waals surface area contributed by atoms with Gasteiger partial charge >= 0.3 is 0 Å². The predicted octanol–water partition coefficient (Wildman–Crippen LogP) is 6.19. The summed E-state index contributed by atoms with van der Waals surface area (Å²) in [5.41, 5.74) is 0.807. The molecule has 0 radical (unpaired) electrons. The summed E-state index contributed by atoms with van der Waals surface area (Å²) in [7, 11) is -1.51. The number of hydrogen-bond donors (Lipinski definition) is 1. The Hall–Kier alpha value is -3.18. The smallest absolute Gasteiger partial charge is 0.264 e. The summed E-state index contributed by atoms with van der Waals surface area (Å²) < 4.78 is 39.8. The van der Waals surface area contributed by atoms with Crippen molar-refractivity contribution < 1.29 is 27.5 Å². The van der Waals surface area contributed by atoms with Crippen molar-refractivity contribution in [2.75, 3.05) is 25.1 Å². The highest BCUT2D eigenvalue weighted by molar-refractivity contribution is 7.92. The Morgan fingerprint density at radius 1 is 0.884 bits per heavy atom. The van der Waals surface area contributed by atoms with Crippen LogP contribution < -0.4 is 19.1 Å². The zero-order valence-corrected chi connectivity index (χ0v) is 27.5. The Labute approximate surface area is 267 Å². The number of sulfonamides is 1. The third kappa shape index (κ3) is 8.47. The molecule has 0 saturated carbocycles. The minimum atomic E-state index is -4.34. The van der Waals surface area contributed by atoms with Crippen LogP contribution in [-0.4, -0.2) is 58.0 Å². The Kier molecular flexibility index (Phi) is 12.0. The van der Waals surface area contributed by atoms with Crippen LogP contribution in [0.4, 0.5) is 5.69 Å². The van der Waals surface area contributed by atoms with Crippen molar-refractivity contribution in [1.82, 2.24) is 10.2 Å². The summed E-state index contributed by atoms with van der Waals surface area (Å²) in [5.74, 6) is -0.448. The monoisotopic (exact) mass is 669 g/mol. The van der Waals surface area contributed by atoms with Crippen molar-refractivity contribution in [3.63, 3.8) is 0 Å². The van der Waals surface area contributed by atoms with Crippen molar-refractivity contribution in [2.45, 2.75) is 50.7 Å². The van der Waals surface area contributed by atoms with Gasteiger partial charge in [0.05, 0.1) is 34.8 Å². The number of rotatable bonds is 13. The number of ether oxygens (including phenoxy) is 2. The maximum absolute atomic E-state index is 14.2. The molecule has 232 valence electrons. The summed E-state index contributed by atoms with van der Waals surface area (Å²) in [6, 6.07) is 14.0. The van der Waals surface area contributed by atoms with Gasteiger partial charge in [0.1, 0.15) is 12.6 Å². The zero-order valence-electron chi connectivity index (χ0n) is 24.4. The molecule has 0 bridgehead atoms. The SMILES string of the molecule is CC[C@@H](C(=O)NC(C)C)N(Cc1ccc(Cl)c(Cl)c1)C(=O)CN(c1ccc(Cl)cc1)S(=O)(=O)c1ccc(OC)c(OC)c1. The molecular formula is C30H34Cl3N3O6S. The lowest BCUT2D eigenvalue weighted by molar-refractivity contribution is -0.140. The van der Waals surface area contributed by atoms with Gasteiger partial charge in [-0.3, -0.25) is 13.9 Å². The maximum Gasteiger partial charge on any atom is 0.264 e. The Morgan fingerprint density at radius 3 is 2.09 bits per heavy atom. The highest BCUT2D eigenvalue weighted by Crippen LogP contribution is 2.33. The van der Waals surface area contributed by atoms with E-state index in [9.17, 15) is 18.0 Å². The molecule has 0 heterocycles. The summed E-state index contributed by atoms with van der Waals surface area (Å²) in [5, 5.41) is 3.86. The Morgan fingerprint density at radius 2 is 1.53 bits per heavy atom. The summed E-state index contributed by atoms with van der Waals surface area (Å²) >= 11 is 18.4. The van der Waals surface area contributed by atoms with Crippen LogP contribution in [0.3, 0.4) is 0 Å². The standard InChI is InChI=1S/C30H34Cl3N3O6S/c1-6-26(30(38)34-19(2)3)35(17-20-7-13-24(32)25(33)15-20)29(37)18-36(22-10-8-21(31)9-11-22)43(39,40)23-12-14-27(41-4)28(16-23)42-5/h7-16,19,26H,6,17-18H2,1-5H3,(H,34,38)/t26-/m0/s1. The number of nitrogens with one attached hydrogen (secondary N) is 1. The third-order valence-corrected chi connectivity index (χ3v) is 9.25. The van der Waals surface area contributed by atoms with E-state index >= 15 is 0 Å². The van der Waals surface area contributed by atoms with Crippen LogP contribution in [0.25, 0.3) is 0 Å². The van der Waals surface area contributed by atoms with Crippen molar-refractivity contribution in [2.24, 2.45) is 0 Å². The van der Waals surface area contributed by atoms with Gasteiger partial charge in [0.25, 0.3) is 10.0 Å². The van der Waals surface area contributed by atoms with E-state index in [2.05, 4.69) is 5.32 Å². The fourth-order valence-corrected chi connectivity index (χ4v) is 6.25. The van der Waals surface area contributed by atoms with E-state index < -0.39 is 28.5 Å². The molecule has 3 rings (SSSR count). The molecule has 0 fully saturated rings. The fourth-order valence-electron chi connectivity index (χ4n) is 4.38. The van der Waals surface area contributed by atoms with Crippen molar-refractivity contribution in [3.8, 4) is 11.5 Å². The highest BCUT2D eigenvalue weighted by Gasteiger charge is 2.34. The molecular weight excluding hydrogens is 637 g/mol. The van der Waals surface area contributed by atoms with E-state index in [1.165, 1.54) is 61.6 Å². The van der Waals surface area contributed by atoms with E-state index in [1.807, 2.05) is 13.8 Å². The first kappa shape index (κ1) is 34.3. The van der Waals surface area contributed by atoms with Crippen LogP contribution in [0.2, 0.25) is 15.1 Å². The van der Waals surface area contributed by atoms with E-state index in [0.717, 1.165) is 4.31 Å².